The number of carbonyl (C=O) groups is 1. The summed E-state index contributed by atoms with van der Waals surface area (Å²) < 4.78 is 3.37. The number of hydrogen-bond acceptors (Lipinski definition) is 6. The number of aryl methyl sites for hydroxylation is 1. The molecule has 1 unspecified atom stereocenters. The van der Waals surface area contributed by atoms with Crippen molar-refractivity contribution in [2.75, 3.05) is 22.7 Å². The summed E-state index contributed by atoms with van der Waals surface area (Å²) in [6.45, 7) is 5.25. The molecular weight excluding hydrogens is 444 g/mol. The first-order valence-corrected chi connectivity index (χ1v) is 12.7. The van der Waals surface area contributed by atoms with Crippen LogP contribution in [0.1, 0.15) is 49.7 Å². The van der Waals surface area contributed by atoms with Crippen molar-refractivity contribution < 1.29 is 9.90 Å². The van der Waals surface area contributed by atoms with Crippen LogP contribution in [0.25, 0.3) is 11.3 Å². The maximum absolute atomic E-state index is 11.7. The van der Waals surface area contributed by atoms with Gasteiger partial charge in [0.25, 0.3) is 0 Å². The number of pyridine rings is 2. The van der Waals surface area contributed by atoms with E-state index in [1.807, 2.05) is 25.1 Å². The van der Waals surface area contributed by atoms with Crippen molar-refractivity contribution in [1.29, 1.82) is 0 Å². The van der Waals surface area contributed by atoms with Crippen molar-refractivity contribution in [3.8, 4) is 11.3 Å². The fraction of sp³-hybridized carbons (Fsp3) is 0.370. The lowest BCUT2D eigenvalue weighted by molar-refractivity contribution is -0.148. The Kier molecular flexibility index (Phi) is 6.21. The zero-order valence-electron chi connectivity index (χ0n) is 19.6. The highest BCUT2D eigenvalue weighted by Crippen LogP contribution is 2.44. The molecule has 1 aromatic carbocycles. The molecule has 3 aromatic rings. The minimum Gasteiger partial charge on any atom is -0.481 e. The Bertz CT molecular complexity index is 1210. The third-order valence-corrected chi connectivity index (χ3v) is 7.60. The highest BCUT2D eigenvalue weighted by molar-refractivity contribution is 8.00. The van der Waals surface area contributed by atoms with Gasteiger partial charge in [-0.25, -0.2) is 9.97 Å². The van der Waals surface area contributed by atoms with Gasteiger partial charge in [-0.3, -0.25) is 4.79 Å². The summed E-state index contributed by atoms with van der Waals surface area (Å²) in [4.78, 5) is 23.6. The zero-order valence-corrected chi connectivity index (χ0v) is 20.4. The number of carboxylic acid groups (broad SMARTS) is 1. The first-order chi connectivity index (χ1) is 16.4. The van der Waals surface area contributed by atoms with Gasteiger partial charge in [-0.15, -0.1) is 0 Å². The third-order valence-electron chi connectivity index (χ3n) is 6.85. The van der Waals surface area contributed by atoms with Crippen LogP contribution >= 0.6 is 11.9 Å². The highest BCUT2D eigenvalue weighted by atomic mass is 32.2. The van der Waals surface area contributed by atoms with E-state index in [1.54, 1.807) is 0 Å². The van der Waals surface area contributed by atoms with E-state index in [0.717, 1.165) is 35.3 Å². The fourth-order valence-electron chi connectivity index (χ4n) is 4.66. The summed E-state index contributed by atoms with van der Waals surface area (Å²) in [6, 6.07) is 18.6. The van der Waals surface area contributed by atoms with Gasteiger partial charge in [-0.05, 0) is 74.8 Å². The molecule has 0 bridgehead atoms. The van der Waals surface area contributed by atoms with Crippen LogP contribution in [0, 0.1) is 12.3 Å². The van der Waals surface area contributed by atoms with Crippen LogP contribution in [0.2, 0.25) is 0 Å². The van der Waals surface area contributed by atoms with Gasteiger partial charge in [-0.1, -0.05) is 36.4 Å². The van der Waals surface area contributed by atoms with Crippen LogP contribution in [0.3, 0.4) is 0 Å². The van der Waals surface area contributed by atoms with E-state index in [2.05, 4.69) is 52.9 Å². The van der Waals surface area contributed by atoms with Gasteiger partial charge in [-0.2, -0.15) is 0 Å². The molecule has 2 aromatic heterocycles. The minimum atomic E-state index is -0.741. The smallest absolute Gasteiger partial charge is 0.311 e. The molecule has 176 valence electrons. The van der Waals surface area contributed by atoms with Crippen molar-refractivity contribution in [1.82, 2.24) is 9.97 Å². The second-order valence-corrected chi connectivity index (χ2v) is 10.5. The molecule has 7 heteroatoms. The van der Waals surface area contributed by atoms with E-state index in [4.69, 9.17) is 9.97 Å². The number of carboxylic acids is 1. The summed E-state index contributed by atoms with van der Waals surface area (Å²) in [5, 5.41) is 10.5. The van der Waals surface area contributed by atoms with E-state index >= 15 is 0 Å². The number of nitrogens with one attached hydrogen (secondary N) is 1. The topological polar surface area (TPSA) is 78.4 Å². The van der Waals surface area contributed by atoms with E-state index in [1.165, 1.54) is 41.5 Å². The van der Waals surface area contributed by atoms with Gasteiger partial charge in [0.2, 0.25) is 0 Å². The predicted molar refractivity (Wildman–Crippen MR) is 137 cm³/mol. The van der Waals surface area contributed by atoms with Crippen molar-refractivity contribution in [3.05, 3.63) is 65.7 Å². The number of rotatable bonds is 7. The van der Waals surface area contributed by atoms with Crippen LogP contribution < -0.4 is 9.62 Å². The van der Waals surface area contributed by atoms with Crippen LogP contribution in [0.15, 0.2) is 59.6 Å². The molecule has 0 radical (unpaired) electrons. The number of anilines is 2. The van der Waals surface area contributed by atoms with Gasteiger partial charge < -0.3 is 14.7 Å². The molecule has 5 rings (SSSR count). The van der Waals surface area contributed by atoms with Crippen LogP contribution in [0.5, 0.6) is 0 Å². The van der Waals surface area contributed by atoms with Gasteiger partial charge in [0.15, 0.2) is 0 Å². The maximum atomic E-state index is 11.7. The van der Waals surface area contributed by atoms with Crippen LogP contribution in [-0.2, 0) is 4.79 Å². The molecule has 3 heterocycles. The van der Waals surface area contributed by atoms with Crippen LogP contribution in [0.4, 0.5) is 11.6 Å². The summed E-state index contributed by atoms with van der Waals surface area (Å²) in [5.74, 6) is 1.49. The molecule has 2 aliphatic rings. The van der Waals surface area contributed by atoms with Crippen molar-refractivity contribution >= 4 is 29.6 Å². The molecule has 2 N–H and O–H groups in total. The summed E-state index contributed by atoms with van der Waals surface area (Å²) in [5.41, 5.74) is 4.07. The Morgan fingerprint density at radius 1 is 1.12 bits per heavy atom. The molecular formula is C27H30N4O2S. The molecule has 34 heavy (non-hydrogen) atoms. The largest absolute Gasteiger partial charge is 0.481 e. The number of aliphatic carboxylic acids is 1. The molecule has 1 atom stereocenters. The number of benzene rings is 1. The van der Waals surface area contributed by atoms with Gasteiger partial charge in [0.1, 0.15) is 16.7 Å². The lowest BCUT2D eigenvalue weighted by Crippen LogP contribution is -2.46. The van der Waals surface area contributed by atoms with Crippen LogP contribution in [-0.4, -0.2) is 34.1 Å². The average Bonchev–Trinajstić information content (AvgIpc) is 3.69. The number of hydrogen-bond donors (Lipinski definition) is 2. The molecule has 0 amide bonds. The van der Waals surface area contributed by atoms with Gasteiger partial charge in [0.05, 0.1) is 11.1 Å². The lowest BCUT2D eigenvalue weighted by atomic mass is 9.82. The number of aromatic nitrogens is 2. The fourth-order valence-corrected chi connectivity index (χ4v) is 5.26. The predicted octanol–water partition coefficient (Wildman–Crippen LogP) is 6.14. The Balaban J connectivity index is 1.33. The molecule has 1 saturated heterocycles. The third kappa shape index (κ3) is 4.75. The van der Waals surface area contributed by atoms with Crippen molar-refractivity contribution in [2.45, 2.75) is 50.5 Å². The second-order valence-electron chi connectivity index (χ2n) is 9.65. The normalized spacial score (nSPS) is 20.2. The van der Waals surface area contributed by atoms with Crippen molar-refractivity contribution in [2.24, 2.45) is 5.41 Å². The molecule has 1 aliphatic heterocycles. The second kappa shape index (κ2) is 9.29. The van der Waals surface area contributed by atoms with E-state index in [9.17, 15) is 9.90 Å². The molecule has 6 nitrogen and oxygen atoms in total. The quantitative estimate of drug-likeness (QED) is 0.398. The van der Waals surface area contributed by atoms with Gasteiger partial charge >= 0.3 is 5.97 Å². The number of nitrogens with zero attached hydrogens (tertiary/aromatic N) is 3. The SMILES string of the molecule is Cc1ccccc1-c1nc(NSc2cccc(N3CCCC(C)(C(=O)O)C3)n2)ccc1C1CC1. The van der Waals surface area contributed by atoms with E-state index < -0.39 is 11.4 Å². The van der Waals surface area contributed by atoms with E-state index in [-0.39, 0.29) is 0 Å². The minimum absolute atomic E-state index is 0.473. The first kappa shape index (κ1) is 22.7. The Hall–Kier alpha value is -3.06. The number of piperidine rings is 1. The average molecular weight is 475 g/mol. The Labute approximate surface area is 205 Å². The monoisotopic (exact) mass is 474 g/mol. The molecule has 1 aliphatic carbocycles. The van der Waals surface area contributed by atoms with Crippen molar-refractivity contribution in [3.63, 3.8) is 0 Å². The Morgan fingerprint density at radius 3 is 2.71 bits per heavy atom. The van der Waals surface area contributed by atoms with Gasteiger partial charge in [0, 0.05) is 30.6 Å². The maximum Gasteiger partial charge on any atom is 0.311 e. The summed E-state index contributed by atoms with van der Waals surface area (Å²) >= 11 is 1.43. The zero-order chi connectivity index (χ0) is 23.7. The first-order valence-electron chi connectivity index (χ1n) is 11.9. The van der Waals surface area contributed by atoms with E-state index in [0.29, 0.717) is 18.9 Å². The summed E-state index contributed by atoms with van der Waals surface area (Å²) in [6.07, 6.45) is 4.01. The molecule has 2 fully saturated rings. The molecule has 0 spiro atoms. The standard InChI is InChI=1S/C27H30N4O2S/c1-18-7-3-4-8-20(18)25-21(19-11-12-19)13-14-22(28-25)30-34-24-10-5-9-23(29-24)31-16-6-15-27(2,17-31)26(32)33/h3-5,7-10,13-14,19H,6,11-12,15-17H2,1-2H3,(H,28,30)(H,32,33). The Morgan fingerprint density at radius 2 is 1.94 bits per heavy atom. The molecule has 1 saturated carbocycles. The lowest BCUT2D eigenvalue weighted by Gasteiger charge is -2.38. The summed E-state index contributed by atoms with van der Waals surface area (Å²) in [7, 11) is 0. The highest BCUT2D eigenvalue weighted by Gasteiger charge is 2.38.